The van der Waals surface area contributed by atoms with E-state index in [2.05, 4.69) is 6.58 Å². The minimum absolute atomic E-state index is 0.272. The monoisotopic (exact) mass is 391 g/mol. The molecule has 3 rings (SSSR count). The van der Waals surface area contributed by atoms with Gasteiger partial charge in [-0.15, -0.1) is 6.58 Å². The molecule has 0 atom stereocenters. The van der Waals surface area contributed by atoms with Crippen molar-refractivity contribution >= 4 is 22.6 Å². The van der Waals surface area contributed by atoms with Crippen molar-refractivity contribution in [3.05, 3.63) is 88.0 Å². The summed E-state index contributed by atoms with van der Waals surface area (Å²) >= 11 is 0. The Kier molecular flexibility index (Phi) is 5.04. The predicted molar refractivity (Wildman–Crippen MR) is 95.7 cm³/mol. The van der Waals surface area contributed by atoms with Gasteiger partial charge in [-0.25, -0.2) is 9.18 Å². The molecule has 0 radical (unpaired) electrons. The number of allylic oxidation sites excluding steroid dienone is 1. The lowest BCUT2D eigenvalue weighted by Crippen LogP contribution is -2.21. The molecule has 1 amide bonds. The Hall–Kier alpha value is -3.42. The van der Waals surface area contributed by atoms with Crippen LogP contribution in [-0.4, -0.2) is 5.91 Å². The summed E-state index contributed by atoms with van der Waals surface area (Å²) in [5.41, 5.74) is -2.33. The third-order valence-electron chi connectivity index (χ3n) is 3.99. The molecule has 0 aliphatic carbocycles. The number of carbonyl (C=O) groups is 1. The van der Waals surface area contributed by atoms with E-state index in [1.54, 1.807) is 24.3 Å². The largest absolute Gasteiger partial charge is 0.422 e. The quantitative estimate of drug-likeness (QED) is 0.390. The smallest absolute Gasteiger partial charge is 0.416 e. The first-order chi connectivity index (χ1) is 13.2. The zero-order chi connectivity index (χ0) is 20.5. The number of para-hydroxylation sites is 1. The number of carbonyl (C=O) groups excluding carboxylic acids is 1. The predicted octanol–water partition coefficient (Wildman–Crippen LogP) is 4.93. The minimum Gasteiger partial charge on any atom is -0.422 e. The summed E-state index contributed by atoms with van der Waals surface area (Å²) in [4.78, 5) is 24.6. The first kappa shape index (κ1) is 19.3. The Morgan fingerprint density at radius 1 is 1.18 bits per heavy atom. The summed E-state index contributed by atoms with van der Waals surface area (Å²) in [6, 6.07) is 7.86. The van der Waals surface area contributed by atoms with Gasteiger partial charge in [0.1, 0.15) is 17.0 Å². The molecule has 0 bridgehead atoms. The molecule has 144 valence electrons. The van der Waals surface area contributed by atoms with E-state index in [9.17, 15) is 27.2 Å². The number of benzene rings is 2. The molecule has 4 nitrogen and oxygen atoms in total. The molecule has 3 aromatic rings. The molecule has 0 spiro atoms. The van der Waals surface area contributed by atoms with Gasteiger partial charge in [-0.3, -0.25) is 4.79 Å². The number of fused-ring (bicyclic) bond motifs is 1. The van der Waals surface area contributed by atoms with Crippen molar-refractivity contribution in [3.8, 4) is 0 Å². The molecule has 0 fully saturated rings. The second-order valence-corrected chi connectivity index (χ2v) is 5.92. The summed E-state index contributed by atoms with van der Waals surface area (Å²) in [6.07, 6.45) is -2.66. The normalized spacial score (nSPS) is 11.4. The van der Waals surface area contributed by atoms with E-state index in [0.29, 0.717) is 35.6 Å². The second kappa shape index (κ2) is 7.30. The molecule has 1 N–H and O–H groups in total. The van der Waals surface area contributed by atoms with E-state index in [-0.39, 0.29) is 5.58 Å². The maximum atomic E-state index is 13.8. The van der Waals surface area contributed by atoms with Gasteiger partial charge in [0.25, 0.3) is 5.91 Å². The van der Waals surface area contributed by atoms with Crippen molar-refractivity contribution in [3.63, 3.8) is 0 Å². The van der Waals surface area contributed by atoms with Crippen LogP contribution >= 0.6 is 0 Å². The van der Waals surface area contributed by atoms with Gasteiger partial charge in [-0.2, -0.15) is 13.2 Å². The van der Waals surface area contributed by atoms with Crippen LogP contribution in [0.1, 0.15) is 21.5 Å². The fourth-order valence-corrected chi connectivity index (χ4v) is 2.67. The number of rotatable bonds is 4. The van der Waals surface area contributed by atoms with E-state index in [1.165, 1.54) is 6.07 Å². The molecular weight excluding hydrogens is 378 g/mol. The van der Waals surface area contributed by atoms with Gasteiger partial charge < -0.3 is 9.73 Å². The van der Waals surface area contributed by atoms with Gasteiger partial charge in [-0.05, 0) is 36.2 Å². The van der Waals surface area contributed by atoms with Gasteiger partial charge in [0.2, 0.25) is 0 Å². The van der Waals surface area contributed by atoms with Crippen molar-refractivity contribution < 1.29 is 26.8 Å². The Balaban J connectivity index is 2.00. The van der Waals surface area contributed by atoms with Crippen molar-refractivity contribution in [1.29, 1.82) is 0 Å². The Morgan fingerprint density at radius 3 is 2.61 bits per heavy atom. The van der Waals surface area contributed by atoms with E-state index in [1.807, 2.05) is 5.32 Å². The van der Waals surface area contributed by atoms with Crippen LogP contribution in [0, 0.1) is 5.82 Å². The average molecular weight is 391 g/mol. The maximum absolute atomic E-state index is 13.8. The molecule has 28 heavy (non-hydrogen) atoms. The third-order valence-corrected chi connectivity index (χ3v) is 3.99. The van der Waals surface area contributed by atoms with Crippen LogP contribution in [0.2, 0.25) is 0 Å². The summed E-state index contributed by atoms with van der Waals surface area (Å²) < 4.78 is 57.4. The molecule has 0 saturated carbocycles. The number of alkyl halides is 3. The Morgan fingerprint density at radius 2 is 1.93 bits per heavy atom. The zero-order valence-electron chi connectivity index (χ0n) is 14.3. The van der Waals surface area contributed by atoms with Gasteiger partial charge in [-0.1, -0.05) is 24.3 Å². The lowest BCUT2D eigenvalue weighted by atomic mass is 10.1. The highest BCUT2D eigenvalue weighted by Crippen LogP contribution is 2.32. The summed E-state index contributed by atoms with van der Waals surface area (Å²) in [5, 5.41) is 2.43. The van der Waals surface area contributed by atoms with Gasteiger partial charge >= 0.3 is 11.8 Å². The van der Waals surface area contributed by atoms with E-state index in [4.69, 9.17) is 4.42 Å². The number of hydrogen-bond donors (Lipinski definition) is 1. The highest BCUT2D eigenvalue weighted by Gasteiger charge is 2.31. The Bertz CT molecular complexity index is 1130. The molecule has 8 heteroatoms. The second-order valence-electron chi connectivity index (χ2n) is 5.92. The summed E-state index contributed by atoms with van der Waals surface area (Å²) in [7, 11) is 0. The summed E-state index contributed by atoms with van der Waals surface area (Å²) in [6.45, 7) is 3.61. The third kappa shape index (κ3) is 3.80. The van der Waals surface area contributed by atoms with Crippen molar-refractivity contribution in [1.82, 2.24) is 0 Å². The van der Waals surface area contributed by atoms with Crippen LogP contribution in [0.3, 0.4) is 0 Å². The maximum Gasteiger partial charge on any atom is 0.416 e. The van der Waals surface area contributed by atoms with Crippen LogP contribution < -0.4 is 10.9 Å². The highest BCUT2D eigenvalue weighted by atomic mass is 19.4. The summed E-state index contributed by atoms with van der Waals surface area (Å²) in [5.74, 6) is -2.15. The minimum atomic E-state index is -4.71. The van der Waals surface area contributed by atoms with Crippen LogP contribution in [0.15, 0.2) is 64.3 Å². The number of halogens is 4. The van der Waals surface area contributed by atoms with Crippen LogP contribution in [0.5, 0.6) is 0 Å². The molecule has 1 heterocycles. The number of anilines is 1. The molecular formula is C20H13F4NO3. The van der Waals surface area contributed by atoms with E-state index >= 15 is 0 Å². The van der Waals surface area contributed by atoms with Crippen LogP contribution in [0.25, 0.3) is 11.0 Å². The lowest BCUT2D eigenvalue weighted by molar-refractivity contribution is -0.137. The zero-order valence-corrected chi connectivity index (χ0v) is 14.3. The topological polar surface area (TPSA) is 59.3 Å². The number of amides is 1. The average Bonchev–Trinajstić information content (AvgIpc) is 2.63. The van der Waals surface area contributed by atoms with Gasteiger partial charge in [0, 0.05) is 5.39 Å². The first-order valence-electron chi connectivity index (χ1n) is 8.05. The standard InChI is InChI=1S/C20H13F4NO3/c1-2-4-11-5-3-6-12-9-14(19(27)28-17(11)12)18(26)25-16-10-13(20(22,23)24)7-8-15(16)21/h2-3,5-10H,1,4H2,(H,25,26). The van der Waals surface area contributed by atoms with Gasteiger partial charge in [0.05, 0.1) is 11.3 Å². The van der Waals surface area contributed by atoms with Crippen molar-refractivity contribution in [2.24, 2.45) is 0 Å². The SMILES string of the molecule is C=CCc1cccc2cc(C(=O)Nc3cc(C(F)(F)F)ccc3F)c(=O)oc12. The molecule has 0 saturated heterocycles. The van der Waals surface area contributed by atoms with Gasteiger partial charge in [0.15, 0.2) is 0 Å². The van der Waals surface area contributed by atoms with E-state index < -0.39 is 40.3 Å². The van der Waals surface area contributed by atoms with Crippen LogP contribution in [0.4, 0.5) is 23.2 Å². The molecule has 1 aromatic heterocycles. The fourth-order valence-electron chi connectivity index (χ4n) is 2.67. The lowest BCUT2D eigenvalue weighted by Gasteiger charge is -2.11. The van der Waals surface area contributed by atoms with E-state index in [0.717, 1.165) is 0 Å². The highest BCUT2D eigenvalue weighted by molar-refractivity contribution is 6.05. The number of nitrogens with one attached hydrogen (secondary N) is 1. The molecule has 0 aliphatic rings. The van der Waals surface area contributed by atoms with Crippen LogP contribution in [-0.2, 0) is 12.6 Å². The molecule has 0 unspecified atom stereocenters. The van der Waals surface area contributed by atoms with Crippen molar-refractivity contribution in [2.45, 2.75) is 12.6 Å². The molecule has 0 aliphatic heterocycles. The fraction of sp³-hybridized carbons (Fsp3) is 0.100. The van der Waals surface area contributed by atoms with Crippen molar-refractivity contribution in [2.75, 3.05) is 5.32 Å². The molecule has 2 aromatic carbocycles. The first-order valence-corrected chi connectivity index (χ1v) is 8.05. The number of hydrogen-bond acceptors (Lipinski definition) is 3. The Labute approximate surface area is 156 Å².